The molecule has 168 valence electrons. The van der Waals surface area contributed by atoms with Crippen LogP contribution in [0.2, 0.25) is 0 Å². The fourth-order valence-corrected chi connectivity index (χ4v) is 4.76. The van der Waals surface area contributed by atoms with E-state index in [4.69, 9.17) is 4.74 Å². The summed E-state index contributed by atoms with van der Waals surface area (Å²) in [6.07, 6.45) is 2.28. The number of halogens is 1. The highest BCUT2D eigenvalue weighted by Crippen LogP contribution is 2.27. The lowest BCUT2D eigenvalue weighted by molar-refractivity contribution is 0.401. The zero-order valence-electron chi connectivity index (χ0n) is 17.8. The molecule has 3 aromatic rings. The molecule has 0 unspecified atom stereocenters. The summed E-state index contributed by atoms with van der Waals surface area (Å²) in [5.41, 5.74) is 1.93. The van der Waals surface area contributed by atoms with Gasteiger partial charge >= 0.3 is 0 Å². The third-order valence-electron chi connectivity index (χ3n) is 5.06. The molecule has 1 fully saturated rings. The molecule has 1 aliphatic heterocycles. The summed E-state index contributed by atoms with van der Waals surface area (Å²) in [5.74, 6) is 0.764. The predicted molar refractivity (Wildman–Crippen MR) is 122 cm³/mol. The van der Waals surface area contributed by atoms with E-state index in [9.17, 15) is 12.8 Å². The van der Waals surface area contributed by atoms with E-state index >= 15 is 0 Å². The van der Waals surface area contributed by atoms with Gasteiger partial charge in [-0.1, -0.05) is 0 Å². The Bertz CT molecular complexity index is 1210. The van der Waals surface area contributed by atoms with Crippen LogP contribution in [0.1, 0.15) is 18.5 Å². The van der Waals surface area contributed by atoms with E-state index < -0.39 is 15.8 Å². The Morgan fingerprint density at radius 2 is 1.69 bits per heavy atom. The Balaban J connectivity index is 1.50. The van der Waals surface area contributed by atoms with E-state index in [0.717, 1.165) is 49.4 Å². The number of anilines is 4. The maximum Gasteiger partial charge on any atom is 0.265 e. The molecule has 1 aliphatic rings. The normalized spacial score (nSPS) is 13.8. The molecule has 0 saturated carbocycles. The molecule has 1 saturated heterocycles. The largest absolute Gasteiger partial charge is 0.495 e. The minimum absolute atomic E-state index is 0.0603. The van der Waals surface area contributed by atoms with Gasteiger partial charge in [0.15, 0.2) is 0 Å². The number of benzene rings is 2. The molecule has 0 amide bonds. The van der Waals surface area contributed by atoms with Gasteiger partial charge in [0.1, 0.15) is 22.3 Å². The number of ether oxygens (including phenoxy) is 1. The van der Waals surface area contributed by atoms with Crippen molar-refractivity contribution in [3.63, 3.8) is 0 Å². The van der Waals surface area contributed by atoms with Crippen LogP contribution in [-0.2, 0) is 10.0 Å². The number of hydrogen-bond donors (Lipinski definition) is 2. The first-order valence-corrected chi connectivity index (χ1v) is 11.7. The highest BCUT2D eigenvalue weighted by molar-refractivity contribution is 7.92. The summed E-state index contributed by atoms with van der Waals surface area (Å²) in [4.78, 5) is 11.0. The second kappa shape index (κ2) is 8.99. The average molecular weight is 458 g/mol. The monoisotopic (exact) mass is 457 g/mol. The fourth-order valence-electron chi connectivity index (χ4n) is 3.52. The average Bonchev–Trinajstić information content (AvgIpc) is 3.30. The Labute approximate surface area is 186 Å². The van der Waals surface area contributed by atoms with Crippen molar-refractivity contribution in [2.75, 3.05) is 35.1 Å². The topological polar surface area (TPSA) is 96.5 Å². The lowest BCUT2D eigenvalue weighted by Crippen LogP contribution is -2.21. The molecule has 2 N–H and O–H groups in total. The van der Waals surface area contributed by atoms with Crippen LogP contribution in [0.25, 0.3) is 0 Å². The minimum Gasteiger partial charge on any atom is -0.495 e. The van der Waals surface area contributed by atoms with E-state index in [1.165, 1.54) is 13.2 Å². The van der Waals surface area contributed by atoms with E-state index in [1.54, 1.807) is 24.3 Å². The summed E-state index contributed by atoms with van der Waals surface area (Å²) in [6.45, 7) is 3.83. The summed E-state index contributed by atoms with van der Waals surface area (Å²) in [7, 11) is -2.70. The number of sulfonamides is 1. The van der Waals surface area contributed by atoms with Gasteiger partial charge in [-0.15, -0.1) is 0 Å². The molecule has 0 spiro atoms. The third kappa shape index (κ3) is 4.91. The van der Waals surface area contributed by atoms with Crippen LogP contribution in [0.5, 0.6) is 5.75 Å². The van der Waals surface area contributed by atoms with Crippen molar-refractivity contribution in [1.82, 2.24) is 9.97 Å². The van der Waals surface area contributed by atoms with Gasteiger partial charge in [-0.25, -0.2) is 17.8 Å². The maximum atomic E-state index is 13.6. The van der Waals surface area contributed by atoms with E-state index in [1.807, 2.05) is 13.0 Å². The maximum absolute atomic E-state index is 13.6. The van der Waals surface area contributed by atoms with Crippen molar-refractivity contribution in [2.45, 2.75) is 24.7 Å². The summed E-state index contributed by atoms with van der Waals surface area (Å²) < 4.78 is 46.5. The second-order valence-electron chi connectivity index (χ2n) is 7.49. The zero-order chi connectivity index (χ0) is 22.7. The van der Waals surface area contributed by atoms with Crippen LogP contribution in [0.3, 0.4) is 0 Å². The summed E-state index contributed by atoms with van der Waals surface area (Å²) in [5, 5.41) is 3.23. The minimum atomic E-state index is -4.03. The molecule has 1 aromatic heterocycles. The van der Waals surface area contributed by atoms with E-state index in [0.29, 0.717) is 17.5 Å². The second-order valence-corrected chi connectivity index (χ2v) is 9.14. The van der Waals surface area contributed by atoms with E-state index in [-0.39, 0.29) is 10.6 Å². The van der Waals surface area contributed by atoms with Gasteiger partial charge in [0, 0.05) is 36.2 Å². The highest BCUT2D eigenvalue weighted by atomic mass is 32.2. The lowest BCUT2D eigenvalue weighted by Gasteiger charge is -2.17. The fraction of sp³-hybridized carbons (Fsp3) is 0.273. The van der Waals surface area contributed by atoms with Gasteiger partial charge < -0.3 is 15.0 Å². The van der Waals surface area contributed by atoms with Crippen molar-refractivity contribution in [1.29, 1.82) is 0 Å². The molecule has 4 rings (SSSR count). The number of hydrogen-bond acceptors (Lipinski definition) is 7. The van der Waals surface area contributed by atoms with Crippen molar-refractivity contribution in [3.8, 4) is 5.75 Å². The molecule has 0 radical (unpaired) electrons. The molecule has 0 atom stereocenters. The molecule has 2 heterocycles. The molecular formula is C22H24FN5O3S. The standard InChI is InChI=1S/C22H24FN5O3S/c1-15-13-21(26-22(24-15)28-11-3-4-12-28)25-17-6-8-18(9-7-17)27-32(29,30)20-14-16(23)5-10-19(20)31-2/h5-10,13-14,27H,3-4,11-12H2,1-2H3,(H,24,25,26). The van der Waals surface area contributed by atoms with Crippen LogP contribution >= 0.6 is 0 Å². The van der Waals surface area contributed by atoms with Gasteiger partial charge in [-0.05, 0) is 62.2 Å². The van der Waals surface area contributed by atoms with Gasteiger partial charge in [0.25, 0.3) is 10.0 Å². The summed E-state index contributed by atoms with van der Waals surface area (Å²) in [6, 6.07) is 11.9. The van der Waals surface area contributed by atoms with Crippen LogP contribution in [0, 0.1) is 12.7 Å². The quantitative estimate of drug-likeness (QED) is 0.552. The Hall–Kier alpha value is -3.40. The van der Waals surface area contributed by atoms with Gasteiger partial charge in [-0.3, -0.25) is 4.72 Å². The molecule has 2 aromatic carbocycles. The highest BCUT2D eigenvalue weighted by Gasteiger charge is 2.21. The molecular weight excluding hydrogens is 433 g/mol. The first-order chi connectivity index (χ1) is 15.3. The Morgan fingerprint density at radius 3 is 2.38 bits per heavy atom. The third-order valence-corrected chi connectivity index (χ3v) is 6.46. The zero-order valence-corrected chi connectivity index (χ0v) is 18.6. The summed E-state index contributed by atoms with van der Waals surface area (Å²) >= 11 is 0. The van der Waals surface area contributed by atoms with Crippen LogP contribution in [-0.4, -0.2) is 38.6 Å². The number of nitrogens with zero attached hydrogens (tertiary/aromatic N) is 3. The Morgan fingerprint density at radius 1 is 1.00 bits per heavy atom. The van der Waals surface area contributed by atoms with Crippen molar-refractivity contribution in [2.24, 2.45) is 0 Å². The van der Waals surface area contributed by atoms with Gasteiger partial charge in [0.2, 0.25) is 5.95 Å². The molecule has 0 bridgehead atoms. The van der Waals surface area contributed by atoms with Crippen LogP contribution in [0.4, 0.5) is 27.5 Å². The molecule has 8 nitrogen and oxygen atoms in total. The Kier molecular flexibility index (Phi) is 6.13. The smallest absolute Gasteiger partial charge is 0.265 e. The number of methoxy groups -OCH3 is 1. The lowest BCUT2D eigenvalue weighted by atomic mass is 10.3. The van der Waals surface area contributed by atoms with Crippen molar-refractivity contribution < 1.29 is 17.5 Å². The van der Waals surface area contributed by atoms with Crippen LogP contribution < -0.4 is 19.7 Å². The first kappa shape index (κ1) is 21.8. The van der Waals surface area contributed by atoms with Crippen molar-refractivity contribution in [3.05, 3.63) is 60.0 Å². The SMILES string of the molecule is COc1ccc(F)cc1S(=O)(=O)Nc1ccc(Nc2cc(C)nc(N3CCCC3)n2)cc1. The van der Waals surface area contributed by atoms with E-state index in [2.05, 4.69) is 24.9 Å². The molecule has 10 heteroatoms. The van der Waals surface area contributed by atoms with Gasteiger partial charge in [-0.2, -0.15) is 4.98 Å². The predicted octanol–water partition coefficient (Wildman–Crippen LogP) is 4.08. The van der Waals surface area contributed by atoms with Crippen LogP contribution in [0.15, 0.2) is 53.4 Å². The number of rotatable bonds is 7. The van der Waals surface area contributed by atoms with Crippen molar-refractivity contribution >= 4 is 33.2 Å². The number of aryl methyl sites for hydroxylation is 1. The molecule has 0 aliphatic carbocycles. The van der Waals surface area contributed by atoms with Gasteiger partial charge in [0.05, 0.1) is 7.11 Å². The number of aromatic nitrogens is 2. The first-order valence-electron chi connectivity index (χ1n) is 10.2. The number of nitrogens with one attached hydrogen (secondary N) is 2. The molecule has 32 heavy (non-hydrogen) atoms.